The highest BCUT2D eigenvalue weighted by molar-refractivity contribution is 5.94. The lowest BCUT2D eigenvalue weighted by Gasteiger charge is -2.19. The Morgan fingerprint density at radius 3 is 2.00 bits per heavy atom. The van der Waals surface area contributed by atoms with Gasteiger partial charge in [-0.15, -0.1) is 0 Å². The number of hydrogen-bond acceptors (Lipinski definition) is 2. The van der Waals surface area contributed by atoms with E-state index in [1.165, 1.54) is 5.56 Å². The van der Waals surface area contributed by atoms with Crippen LogP contribution in [0.15, 0.2) is 48.5 Å². The van der Waals surface area contributed by atoms with Crippen molar-refractivity contribution in [3.63, 3.8) is 0 Å². The molecule has 0 aliphatic heterocycles. The van der Waals surface area contributed by atoms with Gasteiger partial charge in [-0.3, -0.25) is 9.59 Å². The maximum atomic E-state index is 12.2. The Labute approximate surface area is 156 Å². The van der Waals surface area contributed by atoms with E-state index in [0.29, 0.717) is 18.4 Å². The molecule has 0 bridgehead atoms. The number of hydrogen-bond donors (Lipinski definition) is 1. The Bertz CT molecular complexity index is 754. The average Bonchev–Trinajstić information content (AvgIpc) is 2.59. The minimum atomic E-state index is -0.0204. The Morgan fingerprint density at radius 2 is 1.50 bits per heavy atom. The van der Waals surface area contributed by atoms with Crippen LogP contribution in [0.3, 0.4) is 0 Å². The predicted molar refractivity (Wildman–Crippen MR) is 107 cm³/mol. The molecule has 2 aromatic carbocycles. The lowest BCUT2D eigenvalue weighted by molar-refractivity contribution is -0.116. The molecule has 2 aromatic rings. The summed E-state index contributed by atoms with van der Waals surface area (Å²) in [5, 5.41) is 2.94. The summed E-state index contributed by atoms with van der Waals surface area (Å²) in [6.45, 7) is 6.49. The molecule has 2 amide bonds. The van der Waals surface area contributed by atoms with Gasteiger partial charge in [0.05, 0.1) is 0 Å². The zero-order valence-electron chi connectivity index (χ0n) is 16.3. The van der Waals surface area contributed by atoms with E-state index in [0.717, 1.165) is 11.3 Å². The van der Waals surface area contributed by atoms with Crippen LogP contribution in [-0.2, 0) is 16.6 Å². The van der Waals surface area contributed by atoms with Crippen molar-refractivity contribution in [2.24, 2.45) is 0 Å². The van der Waals surface area contributed by atoms with Crippen molar-refractivity contribution >= 4 is 17.5 Å². The molecule has 0 aliphatic rings. The summed E-state index contributed by atoms with van der Waals surface area (Å²) < 4.78 is 0. The molecular weight excluding hydrogens is 324 g/mol. The molecule has 4 nitrogen and oxygen atoms in total. The third kappa shape index (κ3) is 5.45. The summed E-state index contributed by atoms with van der Waals surface area (Å²) in [5.41, 5.74) is 3.85. The van der Waals surface area contributed by atoms with E-state index in [4.69, 9.17) is 0 Å². The molecule has 0 unspecified atom stereocenters. The van der Waals surface area contributed by atoms with Crippen LogP contribution in [0.2, 0.25) is 0 Å². The van der Waals surface area contributed by atoms with Gasteiger partial charge in [0, 0.05) is 31.8 Å². The number of rotatable bonds is 5. The molecule has 1 N–H and O–H groups in total. The zero-order chi connectivity index (χ0) is 19.3. The highest BCUT2D eigenvalue weighted by Crippen LogP contribution is 2.23. The van der Waals surface area contributed by atoms with Crippen molar-refractivity contribution in [1.82, 2.24) is 4.90 Å². The monoisotopic (exact) mass is 352 g/mol. The Hall–Kier alpha value is -2.62. The van der Waals surface area contributed by atoms with Crippen LogP contribution < -0.4 is 5.32 Å². The standard InChI is InChI=1S/C22H28N2O2/c1-22(2,3)18-11-13-19(14-12-18)23-20(25)15-8-16-6-9-17(10-7-16)21(26)24(4)5/h6-7,9-14H,8,15H2,1-5H3,(H,23,25). The van der Waals surface area contributed by atoms with Gasteiger partial charge in [0.1, 0.15) is 0 Å². The number of carbonyl (C=O) groups is 2. The zero-order valence-corrected chi connectivity index (χ0v) is 16.3. The molecule has 0 saturated carbocycles. The second kappa shape index (κ2) is 8.17. The number of aryl methyl sites for hydroxylation is 1. The van der Waals surface area contributed by atoms with Crippen LogP contribution >= 0.6 is 0 Å². The van der Waals surface area contributed by atoms with E-state index in [1.807, 2.05) is 24.3 Å². The van der Waals surface area contributed by atoms with Gasteiger partial charge in [-0.25, -0.2) is 0 Å². The van der Waals surface area contributed by atoms with Crippen LogP contribution in [0.4, 0.5) is 5.69 Å². The third-order valence-electron chi connectivity index (χ3n) is 4.28. The molecule has 0 aromatic heterocycles. The molecule has 0 aliphatic carbocycles. The summed E-state index contributed by atoms with van der Waals surface area (Å²) in [5.74, 6) is -0.0325. The van der Waals surface area contributed by atoms with Crippen molar-refractivity contribution in [1.29, 1.82) is 0 Å². The first-order valence-corrected chi connectivity index (χ1v) is 8.88. The van der Waals surface area contributed by atoms with Crippen molar-refractivity contribution in [2.75, 3.05) is 19.4 Å². The number of anilines is 1. The molecule has 0 radical (unpaired) electrons. The van der Waals surface area contributed by atoms with E-state index in [1.54, 1.807) is 31.1 Å². The molecule has 138 valence electrons. The molecule has 0 fully saturated rings. The van der Waals surface area contributed by atoms with Crippen molar-refractivity contribution in [3.05, 3.63) is 65.2 Å². The van der Waals surface area contributed by atoms with E-state index in [-0.39, 0.29) is 17.2 Å². The van der Waals surface area contributed by atoms with Crippen LogP contribution in [0.5, 0.6) is 0 Å². The lowest BCUT2D eigenvalue weighted by atomic mass is 9.87. The largest absolute Gasteiger partial charge is 0.345 e. The Morgan fingerprint density at radius 1 is 0.923 bits per heavy atom. The summed E-state index contributed by atoms with van der Waals surface area (Å²) in [6, 6.07) is 15.4. The number of nitrogens with one attached hydrogen (secondary N) is 1. The van der Waals surface area contributed by atoms with Gasteiger partial charge < -0.3 is 10.2 Å². The predicted octanol–water partition coefficient (Wildman–Crippen LogP) is 4.26. The fraction of sp³-hybridized carbons (Fsp3) is 0.364. The SMILES string of the molecule is CN(C)C(=O)c1ccc(CCC(=O)Nc2ccc(C(C)(C)C)cc2)cc1. The fourth-order valence-electron chi connectivity index (χ4n) is 2.61. The molecule has 0 saturated heterocycles. The first-order chi connectivity index (χ1) is 12.2. The smallest absolute Gasteiger partial charge is 0.253 e. The Kier molecular flexibility index (Phi) is 6.19. The van der Waals surface area contributed by atoms with Crippen LogP contribution in [0, 0.1) is 0 Å². The molecule has 0 heterocycles. The quantitative estimate of drug-likeness (QED) is 0.874. The summed E-state index contributed by atoms with van der Waals surface area (Å²) >= 11 is 0. The topological polar surface area (TPSA) is 49.4 Å². The van der Waals surface area contributed by atoms with Gasteiger partial charge in [0.25, 0.3) is 5.91 Å². The molecular formula is C22H28N2O2. The van der Waals surface area contributed by atoms with Gasteiger partial charge >= 0.3 is 0 Å². The molecule has 0 atom stereocenters. The van der Waals surface area contributed by atoms with Gasteiger partial charge in [0.15, 0.2) is 0 Å². The first-order valence-electron chi connectivity index (χ1n) is 8.88. The third-order valence-corrected chi connectivity index (χ3v) is 4.28. The molecule has 2 rings (SSSR count). The van der Waals surface area contributed by atoms with E-state index in [9.17, 15) is 9.59 Å². The first kappa shape index (κ1) is 19.7. The van der Waals surface area contributed by atoms with Crippen LogP contribution in [-0.4, -0.2) is 30.8 Å². The lowest BCUT2D eigenvalue weighted by Crippen LogP contribution is -2.21. The minimum absolute atomic E-state index is 0.0121. The summed E-state index contributed by atoms with van der Waals surface area (Å²) in [7, 11) is 3.46. The summed E-state index contributed by atoms with van der Waals surface area (Å²) in [4.78, 5) is 25.6. The Balaban J connectivity index is 1.88. The van der Waals surface area contributed by atoms with Gasteiger partial charge in [0.2, 0.25) is 5.91 Å². The van der Waals surface area contributed by atoms with Gasteiger partial charge in [-0.2, -0.15) is 0 Å². The van der Waals surface area contributed by atoms with Crippen LogP contribution in [0.1, 0.15) is 48.7 Å². The number of carbonyl (C=O) groups excluding carboxylic acids is 2. The fourth-order valence-corrected chi connectivity index (χ4v) is 2.61. The highest BCUT2D eigenvalue weighted by Gasteiger charge is 2.13. The number of nitrogens with zero attached hydrogens (tertiary/aromatic N) is 1. The van der Waals surface area contributed by atoms with Gasteiger partial charge in [-0.1, -0.05) is 45.0 Å². The summed E-state index contributed by atoms with van der Waals surface area (Å²) in [6.07, 6.45) is 1.05. The van der Waals surface area contributed by atoms with Crippen LogP contribution in [0.25, 0.3) is 0 Å². The second-order valence-electron chi connectivity index (χ2n) is 7.77. The average molecular weight is 352 g/mol. The van der Waals surface area contributed by atoms with E-state index < -0.39 is 0 Å². The maximum absolute atomic E-state index is 12.2. The highest BCUT2D eigenvalue weighted by atomic mass is 16.2. The number of amides is 2. The normalized spacial score (nSPS) is 11.1. The second-order valence-corrected chi connectivity index (χ2v) is 7.77. The maximum Gasteiger partial charge on any atom is 0.253 e. The van der Waals surface area contributed by atoms with E-state index >= 15 is 0 Å². The molecule has 26 heavy (non-hydrogen) atoms. The minimum Gasteiger partial charge on any atom is -0.345 e. The number of benzene rings is 2. The molecule has 4 heteroatoms. The van der Waals surface area contributed by atoms with E-state index in [2.05, 4.69) is 38.2 Å². The van der Waals surface area contributed by atoms with Crippen molar-refractivity contribution in [2.45, 2.75) is 39.0 Å². The van der Waals surface area contributed by atoms with Gasteiger partial charge in [-0.05, 0) is 47.2 Å². The van der Waals surface area contributed by atoms with Crippen molar-refractivity contribution in [3.8, 4) is 0 Å². The molecule has 0 spiro atoms. The van der Waals surface area contributed by atoms with Crippen molar-refractivity contribution < 1.29 is 9.59 Å².